The molecular weight excluding hydrogens is 266 g/mol. The SMILES string of the molecule is CCC(O)CN1CCc2c(Br)cccc2C1. The van der Waals surface area contributed by atoms with Gasteiger partial charge in [0.1, 0.15) is 0 Å². The molecule has 1 unspecified atom stereocenters. The van der Waals surface area contributed by atoms with Crippen molar-refractivity contribution in [2.24, 2.45) is 0 Å². The lowest BCUT2D eigenvalue weighted by atomic mass is 9.99. The average molecular weight is 284 g/mol. The molecule has 0 aliphatic carbocycles. The van der Waals surface area contributed by atoms with Crippen molar-refractivity contribution < 1.29 is 5.11 Å². The fraction of sp³-hybridized carbons (Fsp3) is 0.538. The number of aliphatic hydroxyl groups excluding tert-OH is 1. The van der Waals surface area contributed by atoms with Gasteiger partial charge in [0.15, 0.2) is 0 Å². The topological polar surface area (TPSA) is 23.5 Å². The number of nitrogens with zero attached hydrogens (tertiary/aromatic N) is 1. The highest BCUT2D eigenvalue weighted by Crippen LogP contribution is 2.26. The first-order valence-electron chi connectivity index (χ1n) is 5.87. The second-order valence-electron chi connectivity index (χ2n) is 4.42. The molecule has 2 nitrogen and oxygen atoms in total. The lowest BCUT2D eigenvalue weighted by molar-refractivity contribution is 0.102. The molecule has 0 radical (unpaired) electrons. The van der Waals surface area contributed by atoms with Crippen LogP contribution >= 0.6 is 15.9 Å². The summed E-state index contributed by atoms with van der Waals surface area (Å²) in [5.74, 6) is 0. The smallest absolute Gasteiger partial charge is 0.0664 e. The van der Waals surface area contributed by atoms with E-state index in [0.717, 1.165) is 32.5 Å². The van der Waals surface area contributed by atoms with E-state index in [2.05, 4.69) is 39.0 Å². The molecule has 88 valence electrons. The number of fused-ring (bicyclic) bond motifs is 1. The van der Waals surface area contributed by atoms with E-state index in [1.54, 1.807) is 0 Å². The van der Waals surface area contributed by atoms with Crippen LogP contribution in [-0.2, 0) is 13.0 Å². The Labute approximate surface area is 105 Å². The summed E-state index contributed by atoms with van der Waals surface area (Å²) in [5, 5.41) is 9.66. The first kappa shape index (κ1) is 12.1. The number of halogens is 1. The third kappa shape index (κ3) is 2.65. The molecular formula is C13H18BrNO. The first-order chi connectivity index (χ1) is 7.70. The van der Waals surface area contributed by atoms with Gasteiger partial charge < -0.3 is 5.11 Å². The summed E-state index contributed by atoms with van der Waals surface area (Å²) in [7, 11) is 0. The molecule has 1 aromatic carbocycles. The van der Waals surface area contributed by atoms with Crippen LogP contribution in [0.1, 0.15) is 24.5 Å². The Morgan fingerprint density at radius 1 is 1.50 bits per heavy atom. The summed E-state index contributed by atoms with van der Waals surface area (Å²) in [4.78, 5) is 2.34. The minimum absolute atomic E-state index is 0.186. The fourth-order valence-corrected chi connectivity index (χ4v) is 2.81. The quantitative estimate of drug-likeness (QED) is 0.922. The zero-order valence-electron chi connectivity index (χ0n) is 9.62. The van der Waals surface area contributed by atoms with Gasteiger partial charge in [0.05, 0.1) is 6.10 Å². The van der Waals surface area contributed by atoms with Gasteiger partial charge in [-0.2, -0.15) is 0 Å². The van der Waals surface area contributed by atoms with Gasteiger partial charge in [-0.3, -0.25) is 4.90 Å². The van der Waals surface area contributed by atoms with Crippen LogP contribution in [0, 0.1) is 0 Å². The molecule has 0 fully saturated rings. The van der Waals surface area contributed by atoms with E-state index in [-0.39, 0.29) is 6.10 Å². The normalized spacial score (nSPS) is 18.2. The second-order valence-corrected chi connectivity index (χ2v) is 5.28. The molecule has 3 heteroatoms. The van der Waals surface area contributed by atoms with Crippen molar-refractivity contribution in [1.29, 1.82) is 0 Å². The van der Waals surface area contributed by atoms with Crippen LogP contribution in [-0.4, -0.2) is 29.2 Å². The molecule has 0 amide bonds. The fourth-order valence-electron chi connectivity index (χ4n) is 2.20. The van der Waals surface area contributed by atoms with Gasteiger partial charge in [0.2, 0.25) is 0 Å². The van der Waals surface area contributed by atoms with Crippen LogP contribution in [0.5, 0.6) is 0 Å². The number of aliphatic hydroxyl groups is 1. The maximum absolute atomic E-state index is 9.66. The number of benzene rings is 1. The monoisotopic (exact) mass is 283 g/mol. The summed E-state index contributed by atoms with van der Waals surface area (Å²) < 4.78 is 1.22. The number of rotatable bonds is 3. The van der Waals surface area contributed by atoms with E-state index < -0.39 is 0 Å². The maximum Gasteiger partial charge on any atom is 0.0664 e. The molecule has 0 aromatic heterocycles. The maximum atomic E-state index is 9.66. The zero-order valence-corrected chi connectivity index (χ0v) is 11.2. The molecule has 0 saturated heterocycles. The largest absolute Gasteiger partial charge is 0.392 e. The highest BCUT2D eigenvalue weighted by Gasteiger charge is 2.19. The molecule has 0 bridgehead atoms. The van der Waals surface area contributed by atoms with E-state index in [1.807, 2.05) is 6.92 Å². The molecule has 1 aliphatic heterocycles. The first-order valence-corrected chi connectivity index (χ1v) is 6.66. The summed E-state index contributed by atoms with van der Waals surface area (Å²) in [6.07, 6.45) is 1.73. The second kappa shape index (κ2) is 5.30. The van der Waals surface area contributed by atoms with Gasteiger partial charge in [0.25, 0.3) is 0 Å². The van der Waals surface area contributed by atoms with Crippen LogP contribution in [0.25, 0.3) is 0 Å². The molecule has 0 spiro atoms. The average Bonchev–Trinajstić information content (AvgIpc) is 2.29. The standard InChI is InChI=1S/C13H18BrNO/c1-2-11(16)9-15-7-6-12-10(8-15)4-3-5-13(12)14/h3-5,11,16H,2,6-9H2,1H3. The Bertz CT molecular complexity index is 367. The summed E-state index contributed by atoms with van der Waals surface area (Å²) in [6.45, 7) is 4.83. The van der Waals surface area contributed by atoms with Gasteiger partial charge in [-0.15, -0.1) is 0 Å². The van der Waals surface area contributed by atoms with E-state index >= 15 is 0 Å². The lowest BCUT2D eigenvalue weighted by Crippen LogP contribution is -2.36. The molecule has 1 aliphatic rings. The van der Waals surface area contributed by atoms with Gasteiger partial charge in [0, 0.05) is 24.1 Å². The molecule has 1 heterocycles. The molecule has 1 aromatic rings. The van der Waals surface area contributed by atoms with Crippen LogP contribution in [0.4, 0.5) is 0 Å². The summed E-state index contributed by atoms with van der Waals surface area (Å²) in [5.41, 5.74) is 2.83. The Balaban J connectivity index is 2.06. The Hall–Kier alpha value is -0.380. The lowest BCUT2D eigenvalue weighted by Gasteiger charge is -2.30. The minimum Gasteiger partial charge on any atom is -0.392 e. The molecule has 0 saturated carbocycles. The minimum atomic E-state index is -0.186. The Kier molecular flexibility index (Phi) is 4.00. The third-order valence-corrected chi connectivity index (χ3v) is 3.97. The summed E-state index contributed by atoms with van der Waals surface area (Å²) >= 11 is 3.60. The van der Waals surface area contributed by atoms with E-state index in [1.165, 1.54) is 15.6 Å². The summed E-state index contributed by atoms with van der Waals surface area (Å²) in [6, 6.07) is 6.38. The highest BCUT2D eigenvalue weighted by molar-refractivity contribution is 9.10. The predicted molar refractivity (Wildman–Crippen MR) is 69.4 cm³/mol. The Morgan fingerprint density at radius 3 is 3.06 bits per heavy atom. The van der Waals surface area contributed by atoms with E-state index in [4.69, 9.17) is 0 Å². The van der Waals surface area contributed by atoms with Crippen molar-refractivity contribution in [2.45, 2.75) is 32.4 Å². The van der Waals surface area contributed by atoms with Crippen LogP contribution < -0.4 is 0 Å². The van der Waals surface area contributed by atoms with Crippen LogP contribution in [0.2, 0.25) is 0 Å². The van der Waals surface area contributed by atoms with Crippen molar-refractivity contribution in [3.8, 4) is 0 Å². The Morgan fingerprint density at radius 2 is 2.31 bits per heavy atom. The molecule has 1 N–H and O–H groups in total. The van der Waals surface area contributed by atoms with Crippen molar-refractivity contribution in [3.63, 3.8) is 0 Å². The van der Waals surface area contributed by atoms with Gasteiger partial charge in [-0.05, 0) is 30.0 Å². The van der Waals surface area contributed by atoms with Gasteiger partial charge >= 0.3 is 0 Å². The van der Waals surface area contributed by atoms with E-state index in [9.17, 15) is 5.11 Å². The number of hydrogen-bond donors (Lipinski definition) is 1. The van der Waals surface area contributed by atoms with Crippen LogP contribution in [0.15, 0.2) is 22.7 Å². The molecule has 1 atom stereocenters. The highest BCUT2D eigenvalue weighted by atomic mass is 79.9. The zero-order chi connectivity index (χ0) is 11.5. The number of β-amino-alcohol motifs (C(OH)–C–C–N with tert-alkyl or cyclic N) is 1. The van der Waals surface area contributed by atoms with Crippen molar-refractivity contribution >= 4 is 15.9 Å². The van der Waals surface area contributed by atoms with Crippen molar-refractivity contribution in [3.05, 3.63) is 33.8 Å². The van der Waals surface area contributed by atoms with Crippen molar-refractivity contribution in [1.82, 2.24) is 4.90 Å². The third-order valence-electron chi connectivity index (χ3n) is 3.23. The van der Waals surface area contributed by atoms with Crippen molar-refractivity contribution in [2.75, 3.05) is 13.1 Å². The van der Waals surface area contributed by atoms with Gasteiger partial charge in [-0.1, -0.05) is 35.0 Å². The van der Waals surface area contributed by atoms with Crippen LogP contribution in [0.3, 0.4) is 0 Å². The predicted octanol–water partition coefficient (Wildman–Crippen LogP) is 2.58. The number of hydrogen-bond acceptors (Lipinski definition) is 2. The molecule has 16 heavy (non-hydrogen) atoms. The van der Waals surface area contributed by atoms with Gasteiger partial charge in [-0.25, -0.2) is 0 Å². The van der Waals surface area contributed by atoms with E-state index in [0.29, 0.717) is 0 Å². The molecule has 2 rings (SSSR count).